The number of aliphatic hydroxyl groups is 1. The Morgan fingerprint density at radius 1 is 1.11 bits per heavy atom. The Bertz CT molecular complexity index is 1160. The molecule has 1 aromatic rings. The third kappa shape index (κ3) is 3.85. The second kappa shape index (κ2) is 8.98. The highest BCUT2D eigenvalue weighted by Crippen LogP contribution is 2.66. The van der Waals surface area contributed by atoms with Crippen molar-refractivity contribution in [3.05, 3.63) is 52.6 Å². The summed E-state index contributed by atoms with van der Waals surface area (Å²) in [6, 6.07) is 8.60. The first-order valence-corrected chi connectivity index (χ1v) is 13.2. The van der Waals surface area contributed by atoms with E-state index in [1.165, 1.54) is 29.2 Å². The summed E-state index contributed by atoms with van der Waals surface area (Å²) < 4.78 is 5.04. The Kier molecular flexibility index (Phi) is 6.22. The van der Waals surface area contributed by atoms with E-state index in [4.69, 9.17) is 4.74 Å². The lowest BCUT2D eigenvalue weighted by Crippen LogP contribution is -2.56. The van der Waals surface area contributed by atoms with Gasteiger partial charge in [-0.05, 0) is 85.3 Å². The minimum absolute atomic E-state index is 0.0607. The van der Waals surface area contributed by atoms with Crippen LogP contribution in [0.25, 0.3) is 0 Å². The number of carbonyl (C=O) groups excluding carboxylic acids is 3. The van der Waals surface area contributed by atoms with E-state index >= 15 is 0 Å². The van der Waals surface area contributed by atoms with Gasteiger partial charge in [0.2, 0.25) is 5.78 Å². The lowest BCUT2D eigenvalue weighted by molar-refractivity contribution is -0.164. The van der Waals surface area contributed by atoms with Gasteiger partial charge in [0.25, 0.3) is 0 Å². The van der Waals surface area contributed by atoms with Gasteiger partial charge in [-0.25, -0.2) is 0 Å². The van der Waals surface area contributed by atoms with Crippen molar-refractivity contribution in [1.29, 1.82) is 0 Å². The second-order valence-electron chi connectivity index (χ2n) is 11.6. The van der Waals surface area contributed by atoms with E-state index in [0.717, 1.165) is 31.4 Å². The van der Waals surface area contributed by atoms with Gasteiger partial charge in [-0.3, -0.25) is 14.4 Å². The molecule has 2 unspecified atom stereocenters. The predicted molar refractivity (Wildman–Crippen MR) is 138 cm³/mol. The fourth-order valence-electron chi connectivity index (χ4n) is 7.71. The van der Waals surface area contributed by atoms with Gasteiger partial charge in [0.15, 0.2) is 12.4 Å². The molecule has 0 radical (unpaired) electrons. The monoisotopic (exact) mass is 491 g/mol. The zero-order valence-corrected chi connectivity index (χ0v) is 21.8. The number of rotatable bonds is 5. The lowest BCUT2D eigenvalue weighted by atomic mass is 9.50. The van der Waals surface area contributed by atoms with Crippen molar-refractivity contribution < 1.29 is 24.2 Å². The third-order valence-corrected chi connectivity index (χ3v) is 9.57. The highest BCUT2D eigenvalue weighted by Gasteiger charge is 2.65. The summed E-state index contributed by atoms with van der Waals surface area (Å²) in [7, 11) is 4.04. The van der Waals surface area contributed by atoms with Crippen LogP contribution in [0, 0.1) is 17.3 Å². The van der Waals surface area contributed by atoms with Crippen molar-refractivity contribution in [3.8, 4) is 0 Å². The Balaban J connectivity index is 1.61. The zero-order chi connectivity index (χ0) is 25.8. The number of hydrogen-bond donors (Lipinski definition) is 1. The molecule has 1 aromatic carbocycles. The van der Waals surface area contributed by atoms with Crippen molar-refractivity contribution in [2.24, 2.45) is 17.3 Å². The molecule has 192 valence electrons. The molecule has 2 fully saturated rings. The first kappa shape index (κ1) is 24.9. The van der Waals surface area contributed by atoms with Crippen LogP contribution in [0.5, 0.6) is 0 Å². The first-order chi connectivity index (χ1) is 17.0. The number of nitrogens with zero attached hydrogens (tertiary/aromatic N) is 1. The molecule has 0 amide bonds. The van der Waals surface area contributed by atoms with Crippen LogP contribution in [0.3, 0.4) is 0 Å². The predicted octanol–water partition coefficient (Wildman–Crippen LogP) is 4.52. The van der Waals surface area contributed by atoms with Crippen molar-refractivity contribution in [3.63, 3.8) is 0 Å². The molecule has 0 aliphatic heterocycles. The summed E-state index contributed by atoms with van der Waals surface area (Å²) >= 11 is 0. The molecule has 5 atom stereocenters. The third-order valence-electron chi connectivity index (χ3n) is 9.57. The smallest absolute Gasteiger partial charge is 0.303 e. The van der Waals surface area contributed by atoms with Crippen LogP contribution in [-0.4, -0.2) is 48.9 Å². The molecule has 1 N–H and O–H groups in total. The number of ether oxygens (including phenoxy) is 1. The maximum atomic E-state index is 13.3. The number of carbonyl (C=O) groups is 3. The van der Waals surface area contributed by atoms with E-state index in [0.29, 0.717) is 19.3 Å². The number of Topliss-reactive ketones (excluding diaryl/α,β-unsaturated/α-hetero) is 1. The molecule has 0 bridgehead atoms. The van der Waals surface area contributed by atoms with Crippen molar-refractivity contribution in [1.82, 2.24) is 0 Å². The normalized spacial score (nSPS) is 33.3. The van der Waals surface area contributed by atoms with Gasteiger partial charge in [0.05, 0.1) is 0 Å². The molecule has 0 saturated heterocycles. The second-order valence-corrected chi connectivity index (χ2v) is 11.6. The van der Waals surface area contributed by atoms with E-state index in [-0.39, 0.29) is 35.9 Å². The maximum Gasteiger partial charge on any atom is 0.303 e. The Hall–Kier alpha value is -2.73. The van der Waals surface area contributed by atoms with Crippen molar-refractivity contribution >= 4 is 23.2 Å². The van der Waals surface area contributed by atoms with Crippen LogP contribution in [-0.2, 0) is 19.1 Å². The van der Waals surface area contributed by atoms with E-state index in [9.17, 15) is 19.5 Å². The van der Waals surface area contributed by atoms with E-state index in [2.05, 4.69) is 36.1 Å². The lowest BCUT2D eigenvalue weighted by Gasteiger charge is -2.54. The summed E-state index contributed by atoms with van der Waals surface area (Å²) in [6.07, 6.45) is 6.79. The quantitative estimate of drug-likeness (QED) is 0.610. The number of esters is 1. The number of anilines is 1. The van der Waals surface area contributed by atoms with E-state index < -0.39 is 17.0 Å². The summed E-state index contributed by atoms with van der Waals surface area (Å²) in [5, 5.41) is 11.9. The number of fused-ring (bicyclic) bond motifs is 4. The number of hydrogen-bond acceptors (Lipinski definition) is 6. The molecule has 36 heavy (non-hydrogen) atoms. The Morgan fingerprint density at radius 2 is 1.83 bits per heavy atom. The van der Waals surface area contributed by atoms with Gasteiger partial charge in [0, 0.05) is 44.5 Å². The standard InChI is InChI=1S/C30H37NO5/c1-18(32)36-17-27(34)30(35)14-13-26-24-11-7-20-15-22(33)10-12-23(20)28(24)25(16-29(26,30)2)19-5-8-21(9-6-19)31(3)4/h5-6,8-9,15,24-26,35H,7,10-14,16-17H2,1-4H3/t24?,25-,26?,29+,30+/m1/s1. The maximum absolute atomic E-state index is 13.3. The number of allylic oxidation sites excluding steroid dienone is 4. The fraction of sp³-hybridized carbons (Fsp3) is 0.567. The summed E-state index contributed by atoms with van der Waals surface area (Å²) in [5.74, 6) is -0.196. The molecular weight excluding hydrogens is 454 g/mol. The van der Waals surface area contributed by atoms with Crippen molar-refractivity contribution in [2.75, 3.05) is 25.6 Å². The molecule has 5 rings (SSSR count). The van der Waals surface area contributed by atoms with Crippen LogP contribution in [0.15, 0.2) is 47.1 Å². The number of benzene rings is 1. The summed E-state index contributed by atoms with van der Waals surface area (Å²) in [6.45, 7) is 2.98. The highest BCUT2D eigenvalue weighted by molar-refractivity contribution is 5.93. The van der Waals surface area contributed by atoms with E-state index in [1.807, 2.05) is 20.2 Å². The van der Waals surface area contributed by atoms with Crippen LogP contribution in [0.4, 0.5) is 5.69 Å². The van der Waals surface area contributed by atoms with E-state index in [1.54, 1.807) is 0 Å². The SMILES string of the molecule is CC(=O)OCC(=O)[C@@]1(O)CCC2C3CCC4=CC(=O)CCC4=C3[C@@H](c3ccc(N(C)C)cc3)C[C@@]21C. The van der Waals surface area contributed by atoms with Gasteiger partial charge in [0.1, 0.15) is 5.60 Å². The molecule has 4 aliphatic rings. The Labute approximate surface area is 213 Å². The topological polar surface area (TPSA) is 83.9 Å². The summed E-state index contributed by atoms with van der Waals surface area (Å²) in [4.78, 5) is 39.0. The molecule has 0 heterocycles. The number of ketones is 2. The molecule has 6 nitrogen and oxygen atoms in total. The molecule has 4 aliphatic carbocycles. The molecule has 6 heteroatoms. The van der Waals surface area contributed by atoms with Gasteiger partial charge >= 0.3 is 5.97 Å². The van der Waals surface area contributed by atoms with Gasteiger partial charge in [-0.1, -0.05) is 24.6 Å². The van der Waals surface area contributed by atoms with Crippen LogP contribution < -0.4 is 4.90 Å². The van der Waals surface area contributed by atoms with Crippen LogP contribution >= 0.6 is 0 Å². The Morgan fingerprint density at radius 3 is 2.50 bits per heavy atom. The zero-order valence-electron chi connectivity index (χ0n) is 21.8. The fourth-order valence-corrected chi connectivity index (χ4v) is 7.71. The highest BCUT2D eigenvalue weighted by atomic mass is 16.5. The van der Waals surface area contributed by atoms with Crippen LogP contribution in [0.2, 0.25) is 0 Å². The minimum atomic E-state index is -1.52. The summed E-state index contributed by atoms with van der Waals surface area (Å²) in [5.41, 5.74) is 4.12. The average Bonchev–Trinajstić information content (AvgIpc) is 3.13. The van der Waals surface area contributed by atoms with Crippen molar-refractivity contribution in [2.45, 2.75) is 70.3 Å². The minimum Gasteiger partial charge on any atom is -0.458 e. The largest absolute Gasteiger partial charge is 0.458 e. The van der Waals surface area contributed by atoms with Gasteiger partial charge < -0.3 is 14.7 Å². The average molecular weight is 492 g/mol. The molecule has 0 aromatic heterocycles. The molecule has 2 saturated carbocycles. The molecular formula is C30H37NO5. The van der Waals surface area contributed by atoms with Gasteiger partial charge in [-0.15, -0.1) is 0 Å². The van der Waals surface area contributed by atoms with Gasteiger partial charge in [-0.2, -0.15) is 0 Å². The van der Waals surface area contributed by atoms with Crippen LogP contribution in [0.1, 0.15) is 70.3 Å². The molecule has 0 spiro atoms. The first-order valence-electron chi connectivity index (χ1n) is 13.2.